The van der Waals surface area contributed by atoms with E-state index in [9.17, 15) is 9.18 Å². The number of nitrogens with zero attached hydrogens (tertiary/aromatic N) is 6. The molecule has 1 saturated heterocycles. The molecule has 10 nitrogen and oxygen atoms in total. The Balaban J connectivity index is 1.32. The molecule has 5 rings (SSSR count). The highest BCUT2D eigenvalue weighted by molar-refractivity contribution is 7.09. The number of hydrogen-bond donors (Lipinski definition) is 1. The summed E-state index contributed by atoms with van der Waals surface area (Å²) in [6.07, 6.45) is 6.04. The van der Waals surface area contributed by atoms with Gasteiger partial charge in [0.2, 0.25) is 5.91 Å². The summed E-state index contributed by atoms with van der Waals surface area (Å²) in [6.45, 7) is 4.95. The topological polar surface area (TPSA) is 121 Å². The maximum Gasteiger partial charge on any atom is 0.246 e. The molecular weight excluding hydrogens is 509 g/mol. The minimum Gasteiger partial charge on any atom is -0.488 e. The number of carbonyl (C=O) groups is 1. The molecule has 4 heterocycles. The highest BCUT2D eigenvalue weighted by Gasteiger charge is 2.27. The van der Waals surface area contributed by atoms with Crippen LogP contribution in [0.25, 0.3) is 11.0 Å². The number of rotatable bonds is 7. The summed E-state index contributed by atoms with van der Waals surface area (Å²) < 4.78 is 27.3. The number of carbonyl (C=O) groups excluding carboxylic acids is 1. The standard InChI is InChI=1S/C26H24FN7O3S/c1-2-23(35)33-9-3-5-17(13-33)34-26-24(25(28)30-15-31-26)21(32-34)6-4-10-36-22-11-18(7-8-20(22)27)37-14-19-12-29-16-38-19/h2,7-8,11-12,15-17H,1,3,5,9-10,13-14H2,(H2,28,30,31). The Hall–Kier alpha value is -4.50. The second kappa shape index (κ2) is 11.3. The zero-order valence-corrected chi connectivity index (χ0v) is 21.2. The smallest absolute Gasteiger partial charge is 0.246 e. The molecule has 0 spiro atoms. The molecule has 0 bridgehead atoms. The Morgan fingerprint density at radius 3 is 3.05 bits per heavy atom. The Kier molecular flexibility index (Phi) is 7.46. The molecule has 1 atom stereocenters. The van der Waals surface area contributed by atoms with Gasteiger partial charge in [0.1, 0.15) is 36.8 Å². The molecule has 1 unspecified atom stereocenters. The van der Waals surface area contributed by atoms with E-state index in [2.05, 4.69) is 38.5 Å². The summed E-state index contributed by atoms with van der Waals surface area (Å²) in [5.41, 5.74) is 8.79. The van der Waals surface area contributed by atoms with Crippen LogP contribution < -0.4 is 15.2 Å². The molecule has 2 N–H and O–H groups in total. The number of nitrogens with two attached hydrogens (primary N) is 1. The van der Waals surface area contributed by atoms with Gasteiger partial charge in [0.25, 0.3) is 0 Å². The van der Waals surface area contributed by atoms with Crippen molar-refractivity contribution < 1.29 is 18.7 Å². The maximum absolute atomic E-state index is 14.3. The third kappa shape index (κ3) is 5.42. The van der Waals surface area contributed by atoms with Crippen LogP contribution in [0.3, 0.4) is 0 Å². The van der Waals surface area contributed by atoms with E-state index in [-0.39, 0.29) is 30.1 Å². The second-order valence-corrected chi connectivity index (χ2v) is 9.45. The number of benzene rings is 1. The van der Waals surface area contributed by atoms with E-state index in [1.807, 2.05) is 0 Å². The van der Waals surface area contributed by atoms with Crippen molar-refractivity contribution in [1.82, 2.24) is 29.6 Å². The number of thiazole rings is 1. The minimum atomic E-state index is -0.528. The fraction of sp³-hybridized carbons (Fsp3) is 0.269. The number of piperidine rings is 1. The summed E-state index contributed by atoms with van der Waals surface area (Å²) in [6, 6.07) is 4.19. The van der Waals surface area contributed by atoms with E-state index in [1.165, 1.54) is 41.9 Å². The number of likely N-dealkylation sites (tertiary alicyclic amines) is 1. The molecule has 0 radical (unpaired) electrons. The first-order valence-electron chi connectivity index (χ1n) is 11.8. The summed E-state index contributed by atoms with van der Waals surface area (Å²) >= 11 is 1.47. The molecule has 194 valence electrons. The van der Waals surface area contributed by atoms with Crippen LogP contribution in [0.4, 0.5) is 10.2 Å². The van der Waals surface area contributed by atoms with Crippen molar-refractivity contribution in [3.63, 3.8) is 0 Å². The van der Waals surface area contributed by atoms with Crippen LogP contribution in [0.2, 0.25) is 0 Å². The van der Waals surface area contributed by atoms with Gasteiger partial charge in [0.15, 0.2) is 17.2 Å². The number of amides is 1. The summed E-state index contributed by atoms with van der Waals surface area (Å²) in [5.74, 6) is 5.92. The van der Waals surface area contributed by atoms with Crippen molar-refractivity contribution in [1.29, 1.82) is 0 Å². The summed E-state index contributed by atoms with van der Waals surface area (Å²) in [7, 11) is 0. The Morgan fingerprint density at radius 1 is 1.34 bits per heavy atom. The maximum atomic E-state index is 14.3. The summed E-state index contributed by atoms with van der Waals surface area (Å²) in [5, 5.41) is 5.19. The van der Waals surface area contributed by atoms with Gasteiger partial charge in [-0.15, -0.1) is 11.3 Å². The number of hydrogen-bond acceptors (Lipinski definition) is 9. The highest BCUT2D eigenvalue weighted by Crippen LogP contribution is 2.28. The van der Waals surface area contributed by atoms with Gasteiger partial charge < -0.3 is 20.1 Å². The van der Waals surface area contributed by atoms with Gasteiger partial charge in [-0.3, -0.25) is 9.78 Å². The van der Waals surface area contributed by atoms with Crippen LogP contribution in [0.5, 0.6) is 11.5 Å². The first-order valence-corrected chi connectivity index (χ1v) is 12.7. The molecular formula is C26H24FN7O3S. The summed E-state index contributed by atoms with van der Waals surface area (Å²) in [4.78, 5) is 27.3. The minimum absolute atomic E-state index is 0.0218. The number of halogens is 1. The fourth-order valence-corrected chi connectivity index (χ4v) is 4.71. The average Bonchev–Trinajstić information content (AvgIpc) is 3.60. The van der Waals surface area contributed by atoms with Gasteiger partial charge in [-0.05, 0) is 37.0 Å². The second-order valence-electron chi connectivity index (χ2n) is 8.47. The van der Waals surface area contributed by atoms with Crippen LogP contribution in [-0.2, 0) is 11.4 Å². The van der Waals surface area contributed by atoms with Crippen LogP contribution in [0.1, 0.15) is 29.5 Å². The number of anilines is 1. The van der Waals surface area contributed by atoms with Gasteiger partial charge in [0, 0.05) is 25.4 Å². The zero-order valence-electron chi connectivity index (χ0n) is 20.3. The lowest BCUT2D eigenvalue weighted by Gasteiger charge is -2.32. The number of nitrogen functional groups attached to an aromatic ring is 1. The van der Waals surface area contributed by atoms with E-state index < -0.39 is 5.82 Å². The lowest BCUT2D eigenvalue weighted by molar-refractivity contribution is -0.127. The molecule has 1 aliphatic rings. The van der Waals surface area contributed by atoms with Gasteiger partial charge in [0.05, 0.1) is 21.8 Å². The largest absolute Gasteiger partial charge is 0.488 e. The quantitative estimate of drug-likeness (QED) is 0.284. The number of aromatic nitrogens is 5. The lowest BCUT2D eigenvalue weighted by Crippen LogP contribution is -2.40. The molecule has 1 amide bonds. The molecule has 1 aromatic carbocycles. The van der Waals surface area contributed by atoms with Crippen molar-refractivity contribution in [2.75, 3.05) is 25.4 Å². The lowest BCUT2D eigenvalue weighted by atomic mass is 10.1. The van der Waals surface area contributed by atoms with Crippen LogP contribution in [0.15, 0.2) is 48.9 Å². The highest BCUT2D eigenvalue weighted by atomic mass is 32.1. The fourth-order valence-electron chi connectivity index (χ4n) is 4.21. The molecule has 1 aliphatic heterocycles. The number of fused-ring (bicyclic) bond motifs is 1. The van der Waals surface area contributed by atoms with Crippen LogP contribution >= 0.6 is 11.3 Å². The van der Waals surface area contributed by atoms with Crippen molar-refractivity contribution in [2.45, 2.75) is 25.5 Å². The SMILES string of the molecule is C=CC(=O)N1CCCC(n2nc(C#CCOc3cc(OCc4cncs4)ccc3F)c3c(N)ncnc32)C1. The Morgan fingerprint density at radius 2 is 2.24 bits per heavy atom. The molecule has 1 fully saturated rings. The molecule has 0 saturated carbocycles. The average molecular weight is 534 g/mol. The predicted octanol–water partition coefficient (Wildman–Crippen LogP) is 3.36. The van der Waals surface area contributed by atoms with E-state index >= 15 is 0 Å². The van der Waals surface area contributed by atoms with E-state index in [0.29, 0.717) is 42.2 Å². The van der Waals surface area contributed by atoms with Crippen molar-refractivity contribution in [3.8, 4) is 23.3 Å². The first-order chi connectivity index (χ1) is 18.5. The molecule has 3 aromatic heterocycles. The van der Waals surface area contributed by atoms with Gasteiger partial charge in [-0.2, -0.15) is 5.10 Å². The first kappa shape index (κ1) is 25.2. The van der Waals surface area contributed by atoms with Gasteiger partial charge in [-0.25, -0.2) is 19.0 Å². The third-order valence-corrected chi connectivity index (χ3v) is 6.77. The molecule has 4 aromatic rings. The normalized spacial score (nSPS) is 15.1. The van der Waals surface area contributed by atoms with Crippen molar-refractivity contribution in [2.24, 2.45) is 0 Å². The van der Waals surface area contributed by atoms with Crippen molar-refractivity contribution >= 4 is 34.1 Å². The number of ether oxygens (including phenoxy) is 2. The van der Waals surface area contributed by atoms with E-state index in [4.69, 9.17) is 15.2 Å². The van der Waals surface area contributed by atoms with E-state index in [0.717, 1.165) is 17.7 Å². The Bertz CT molecular complexity index is 1530. The molecule has 0 aliphatic carbocycles. The zero-order chi connectivity index (χ0) is 26.5. The van der Waals surface area contributed by atoms with Crippen LogP contribution in [-0.4, -0.2) is 55.2 Å². The predicted molar refractivity (Wildman–Crippen MR) is 140 cm³/mol. The molecule has 38 heavy (non-hydrogen) atoms. The van der Waals surface area contributed by atoms with Gasteiger partial charge in [-0.1, -0.05) is 12.5 Å². The monoisotopic (exact) mass is 533 g/mol. The van der Waals surface area contributed by atoms with Crippen LogP contribution in [0, 0.1) is 17.7 Å². The molecule has 12 heteroatoms. The van der Waals surface area contributed by atoms with Crippen molar-refractivity contribution in [3.05, 3.63) is 65.3 Å². The van der Waals surface area contributed by atoms with Gasteiger partial charge >= 0.3 is 0 Å². The third-order valence-electron chi connectivity index (χ3n) is 6.02. The van der Waals surface area contributed by atoms with E-state index in [1.54, 1.807) is 21.3 Å². The Labute approximate surface area is 221 Å².